The minimum atomic E-state index is -1.21. The molecule has 2 amide bonds. The third kappa shape index (κ3) is 8.39. The first-order chi connectivity index (χ1) is 21.2. The minimum Gasteiger partial charge on any atom is -0.490 e. The Hall–Kier alpha value is -4.81. The van der Waals surface area contributed by atoms with E-state index in [0.29, 0.717) is 45.7 Å². The Morgan fingerprint density at radius 1 is 1.09 bits per heavy atom. The molecule has 11 nitrogen and oxygen atoms in total. The van der Waals surface area contributed by atoms with Gasteiger partial charge in [-0.1, -0.05) is 29.8 Å². The van der Waals surface area contributed by atoms with Crippen LogP contribution in [0.5, 0.6) is 17.2 Å². The molecular weight excluding hydrogens is 595 g/mol. The number of nitrogens with zero attached hydrogens (tertiary/aromatic N) is 1. The van der Waals surface area contributed by atoms with Crippen molar-refractivity contribution >= 4 is 29.8 Å². The second-order valence-corrected chi connectivity index (χ2v) is 9.95. The van der Waals surface area contributed by atoms with Crippen molar-refractivity contribution in [1.29, 1.82) is 0 Å². The summed E-state index contributed by atoms with van der Waals surface area (Å²) in [6.45, 7) is 3.73. The molecule has 0 aliphatic carbocycles. The van der Waals surface area contributed by atoms with E-state index in [9.17, 15) is 19.1 Å². The molecule has 0 radical (unpaired) electrons. The van der Waals surface area contributed by atoms with Crippen LogP contribution in [-0.4, -0.2) is 49.9 Å². The first kappa shape index (κ1) is 32.1. The average Bonchev–Trinajstić information content (AvgIpc) is 3.00. The van der Waals surface area contributed by atoms with Crippen LogP contribution in [-0.2, 0) is 16.1 Å². The molecule has 1 aliphatic heterocycles. The molecular formula is C31H32ClFN4O7. The molecule has 0 saturated heterocycles. The lowest BCUT2D eigenvalue weighted by Gasteiger charge is -2.28. The van der Waals surface area contributed by atoms with Gasteiger partial charge >= 0.3 is 12.0 Å². The molecule has 1 heterocycles. The molecule has 4 N–H and O–H groups in total. The Kier molecular flexibility index (Phi) is 11.0. The number of esters is 1. The molecule has 232 valence electrons. The van der Waals surface area contributed by atoms with Gasteiger partial charge in [0.25, 0.3) is 0 Å². The van der Waals surface area contributed by atoms with Crippen LogP contribution in [0, 0.1) is 5.82 Å². The van der Waals surface area contributed by atoms with Gasteiger partial charge in [-0.2, -0.15) is 5.10 Å². The minimum absolute atomic E-state index is 0.198. The number of benzene rings is 3. The lowest BCUT2D eigenvalue weighted by molar-refractivity contribution is -0.136. The highest BCUT2D eigenvalue weighted by molar-refractivity contribution is 6.30. The third-order valence-electron chi connectivity index (χ3n) is 6.38. The molecule has 2 atom stereocenters. The number of allylic oxidation sites excluding steroid dienone is 1. The molecule has 3 aromatic rings. The first-order valence-corrected chi connectivity index (χ1v) is 14.0. The van der Waals surface area contributed by atoms with Crippen molar-refractivity contribution in [1.82, 2.24) is 16.1 Å². The zero-order valence-electron chi connectivity index (χ0n) is 24.2. The molecule has 0 saturated carbocycles. The van der Waals surface area contributed by atoms with E-state index in [-0.39, 0.29) is 24.6 Å². The number of amides is 2. The van der Waals surface area contributed by atoms with Crippen LogP contribution in [0.3, 0.4) is 0 Å². The van der Waals surface area contributed by atoms with E-state index in [1.54, 1.807) is 62.4 Å². The number of carbonyl (C=O) groups is 2. The van der Waals surface area contributed by atoms with Gasteiger partial charge in [0.05, 0.1) is 31.5 Å². The van der Waals surface area contributed by atoms with Crippen molar-refractivity contribution in [2.24, 2.45) is 5.10 Å². The van der Waals surface area contributed by atoms with Gasteiger partial charge in [-0.3, -0.25) is 5.43 Å². The van der Waals surface area contributed by atoms with Crippen LogP contribution in [0.4, 0.5) is 9.18 Å². The highest BCUT2D eigenvalue weighted by atomic mass is 35.5. The predicted octanol–water partition coefficient (Wildman–Crippen LogP) is 4.58. The fourth-order valence-electron chi connectivity index (χ4n) is 4.31. The van der Waals surface area contributed by atoms with E-state index in [2.05, 4.69) is 21.2 Å². The van der Waals surface area contributed by atoms with Crippen molar-refractivity contribution in [2.45, 2.75) is 32.7 Å². The van der Waals surface area contributed by atoms with Crippen LogP contribution < -0.4 is 30.3 Å². The van der Waals surface area contributed by atoms with Gasteiger partial charge in [0.2, 0.25) is 0 Å². The molecule has 1 aliphatic rings. The van der Waals surface area contributed by atoms with E-state index in [1.165, 1.54) is 25.5 Å². The van der Waals surface area contributed by atoms with E-state index in [0.717, 1.165) is 5.56 Å². The maximum Gasteiger partial charge on any atom is 0.337 e. The topological polar surface area (TPSA) is 140 Å². The number of methoxy groups -OCH3 is 1. The summed E-state index contributed by atoms with van der Waals surface area (Å²) in [5.41, 5.74) is 5.12. The molecule has 0 fully saturated rings. The smallest absolute Gasteiger partial charge is 0.337 e. The standard InChI is InChI=1S/C31H32ClFN4O7/c1-4-42-26-14-20(29-28(30(39)41-3)18(2)35-31(40)36-29)7-11-25(26)44-17-27(38)37-34-15-21-13-22(32)8-12-24(21)43-16-19-5-9-23(33)10-6-19/h5-15,27,29,37-38H,4,16-17H2,1-3H3,(H2,35,36,40)/b34-15+/t27-,29+/m0/s1. The largest absolute Gasteiger partial charge is 0.490 e. The van der Waals surface area contributed by atoms with Gasteiger partial charge in [0, 0.05) is 16.3 Å². The predicted molar refractivity (Wildman–Crippen MR) is 161 cm³/mol. The number of ether oxygens (including phenoxy) is 4. The van der Waals surface area contributed by atoms with Gasteiger partial charge in [-0.15, -0.1) is 0 Å². The summed E-state index contributed by atoms with van der Waals surface area (Å²) >= 11 is 6.15. The normalized spacial score (nSPS) is 15.3. The van der Waals surface area contributed by atoms with E-state index < -0.39 is 24.3 Å². The molecule has 0 spiro atoms. The van der Waals surface area contributed by atoms with Gasteiger partial charge in [-0.25, -0.2) is 14.0 Å². The maximum absolute atomic E-state index is 13.2. The van der Waals surface area contributed by atoms with Crippen molar-refractivity contribution in [3.8, 4) is 17.2 Å². The van der Waals surface area contributed by atoms with Crippen molar-refractivity contribution in [3.05, 3.63) is 99.5 Å². The Morgan fingerprint density at radius 3 is 2.57 bits per heavy atom. The molecule has 4 rings (SSSR count). The second kappa shape index (κ2) is 15.1. The highest BCUT2D eigenvalue weighted by Crippen LogP contribution is 2.35. The lowest BCUT2D eigenvalue weighted by atomic mass is 9.95. The van der Waals surface area contributed by atoms with Crippen LogP contribution >= 0.6 is 11.6 Å². The number of aliphatic hydroxyl groups excluding tert-OH is 1. The Balaban J connectivity index is 1.40. The van der Waals surface area contributed by atoms with E-state index in [4.69, 9.17) is 30.5 Å². The zero-order valence-corrected chi connectivity index (χ0v) is 25.0. The maximum atomic E-state index is 13.2. The zero-order chi connectivity index (χ0) is 31.6. The summed E-state index contributed by atoms with van der Waals surface area (Å²) in [7, 11) is 1.26. The summed E-state index contributed by atoms with van der Waals surface area (Å²) in [6.07, 6.45) is 0.237. The molecule has 0 aromatic heterocycles. The molecule has 3 aromatic carbocycles. The second-order valence-electron chi connectivity index (χ2n) is 9.51. The Labute approximate surface area is 258 Å². The summed E-state index contributed by atoms with van der Waals surface area (Å²) in [5, 5.41) is 20.3. The molecule has 0 unspecified atom stereocenters. The number of carbonyl (C=O) groups excluding carboxylic acids is 2. The number of hydrogen-bond acceptors (Lipinski definition) is 9. The number of hydrogen-bond donors (Lipinski definition) is 4. The van der Waals surface area contributed by atoms with Gasteiger partial charge in [-0.05, 0) is 67.4 Å². The van der Waals surface area contributed by atoms with Crippen molar-refractivity contribution in [3.63, 3.8) is 0 Å². The monoisotopic (exact) mass is 626 g/mol. The summed E-state index contributed by atoms with van der Waals surface area (Å²) in [4.78, 5) is 24.6. The molecule has 0 bridgehead atoms. The average molecular weight is 627 g/mol. The number of nitrogens with one attached hydrogen (secondary N) is 3. The number of aliphatic hydroxyl groups is 1. The summed E-state index contributed by atoms with van der Waals surface area (Å²) in [6, 6.07) is 14.7. The third-order valence-corrected chi connectivity index (χ3v) is 6.61. The van der Waals surface area contributed by atoms with E-state index in [1.807, 2.05) is 0 Å². The fourth-order valence-corrected chi connectivity index (χ4v) is 4.49. The summed E-state index contributed by atoms with van der Waals surface area (Å²) in [5.74, 6) is 0.241. The Morgan fingerprint density at radius 2 is 1.84 bits per heavy atom. The quantitative estimate of drug-likeness (QED) is 0.0936. The number of hydrazone groups is 1. The van der Waals surface area contributed by atoms with E-state index >= 15 is 0 Å². The van der Waals surface area contributed by atoms with Gasteiger partial charge < -0.3 is 34.7 Å². The number of rotatable bonds is 13. The number of urea groups is 1. The van der Waals surface area contributed by atoms with Gasteiger partial charge in [0.15, 0.2) is 17.7 Å². The fraction of sp³-hybridized carbons (Fsp3) is 0.258. The Bertz CT molecular complexity index is 1550. The van der Waals surface area contributed by atoms with Crippen LogP contribution in [0.15, 0.2) is 77.0 Å². The summed E-state index contributed by atoms with van der Waals surface area (Å²) < 4.78 is 35.5. The van der Waals surface area contributed by atoms with Crippen LogP contribution in [0.2, 0.25) is 5.02 Å². The van der Waals surface area contributed by atoms with Crippen molar-refractivity contribution in [2.75, 3.05) is 20.3 Å². The van der Waals surface area contributed by atoms with Crippen LogP contribution in [0.25, 0.3) is 0 Å². The SMILES string of the molecule is CCOc1cc([C@H]2NC(=O)NC(C)=C2C(=O)OC)ccc1OC[C@H](O)N/N=C/c1cc(Cl)ccc1OCc1ccc(F)cc1. The number of halogens is 2. The van der Waals surface area contributed by atoms with Gasteiger partial charge in [0.1, 0.15) is 24.8 Å². The van der Waals surface area contributed by atoms with Crippen LogP contribution in [0.1, 0.15) is 36.6 Å². The molecule has 13 heteroatoms. The molecule has 44 heavy (non-hydrogen) atoms. The first-order valence-electron chi connectivity index (χ1n) is 13.6. The lowest BCUT2D eigenvalue weighted by Crippen LogP contribution is -2.45. The highest BCUT2D eigenvalue weighted by Gasteiger charge is 2.32. The van der Waals surface area contributed by atoms with Crippen molar-refractivity contribution < 1.29 is 38.0 Å².